The molecule has 0 aromatic heterocycles. The van der Waals surface area contributed by atoms with E-state index in [1.165, 1.54) is 45.2 Å². The molecule has 0 aromatic carbocycles. The van der Waals surface area contributed by atoms with Gasteiger partial charge in [-0.15, -0.1) is 0 Å². The van der Waals surface area contributed by atoms with Gasteiger partial charge < -0.3 is 4.90 Å². The highest BCUT2D eigenvalue weighted by Gasteiger charge is 2.34. The van der Waals surface area contributed by atoms with Crippen LogP contribution in [-0.4, -0.2) is 24.0 Å². The van der Waals surface area contributed by atoms with Crippen molar-refractivity contribution in [3.05, 3.63) is 0 Å². The topological polar surface area (TPSA) is 3.24 Å². The molecule has 1 aliphatic heterocycles. The molecule has 0 amide bonds. The molecule has 0 radical (unpaired) electrons. The van der Waals surface area contributed by atoms with Gasteiger partial charge in [0, 0.05) is 6.04 Å². The first-order chi connectivity index (χ1) is 7.49. The Labute approximate surface area is 103 Å². The maximum atomic E-state index is 2.65. The van der Waals surface area contributed by atoms with Gasteiger partial charge in [0.1, 0.15) is 0 Å². The van der Waals surface area contributed by atoms with Gasteiger partial charge in [-0.3, -0.25) is 0 Å². The van der Waals surface area contributed by atoms with Gasteiger partial charge in [-0.2, -0.15) is 0 Å². The van der Waals surface area contributed by atoms with Crippen LogP contribution in [0.1, 0.15) is 66.7 Å². The fraction of sp³-hybridized carbons (Fsp3) is 1.00. The van der Waals surface area contributed by atoms with E-state index in [4.69, 9.17) is 0 Å². The molecule has 1 aliphatic rings. The first-order valence-corrected chi connectivity index (χ1v) is 7.23. The van der Waals surface area contributed by atoms with Crippen molar-refractivity contribution in [1.82, 2.24) is 4.90 Å². The fourth-order valence-corrected chi connectivity index (χ4v) is 3.47. The van der Waals surface area contributed by atoms with Crippen LogP contribution < -0.4 is 0 Å². The molecule has 1 heterocycles. The lowest BCUT2D eigenvalue weighted by molar-refractivity contribution is 0.0585. The highest BCUT2D eigenvalue weighted by atomic mass is 15.2. The Morgan fingerprint density at radius 2 is 1.62 bits per heavy atom. The molecule has 1 heteroatoms. The zero-order valence-electron chi connectivity index (χ0n) is 12.1. The molecule has 1 rings (SSSR count). The predicted molar refractivity (Wildman–Crippen MR) is 72.7 cm³/mol. The van der Waals surface area contributed by atoms with E-state index in [-0.39, 0.29) is 0 Å². The minimum atomic E-state index is 0.675. The SMILES string of the molecule is CCCC1(CC(C)C)CCN(C(C)C)CC1. The van der Waals surface area contributed by atoms with Gasteiger partial charge in [-0.25, -0.2) is 0 Å². The lowest BCUT2D eigenvalue weighted by Crippen LogP contribution is -2.43. The fourth-order valence-electron chi connectivity index (χ4n) is 3.47. The summed E-state index contributed by atoms with van der Waals surface area (Å²) >= 11 is 0. The zero-order chi connectivity index (χ0) is 12.2. The second kappa shape index (κ2) is 6.05. The Hall–Kier alpha value is -0.0400. The molecule has 16 heavy (non-hydrogen) atoms. The largest absolute Gasteiger partial charge is 0.301 e. The van der Waals surface area contributed by atoms with Gasteiger partial charge in [-0.1, -0.05) is 27.2 Å². The number of likely N-dealkylation sites (tertiary alicyclic amines) is 1. The van der Waals surface area contributed by atoms with Gasteiger partial charge in [-0.05, 0) is 64.0 Å². The standard InChI is InChI=1S/C15H31N/c1-6-7-15(12-13(2)3)8-10-16(11-9-15)14(4)5/h13-14H,6-12H2,1-5H3. The predicted octanol–water partition coefficient (Wildman–Crippen LogP) is 4.32. The van der Waals surface area contributed by atoms with Gasteiger partial charge >= 0.3 is 0 Å². The van der Waals surface area contributed by atoms with Crippen molar-refractivity contribution in [1.29, 1.82) is 0 Å². The summed E-state index contributed by atoms with van der Waals surface area (Å²) in [5.41, 5.74) is 0.675. The number of hydrogen-bond acceptors (Lipinski definition) is 1. The first kappa shape index (κ1) is 14.0. The Kier molecular flexibility index (Phi) is 5.30. The summed E-state index contributed by atoms with van der Waals surface area (Å²) in [4.78, 5) is 2.65. The third-order valence-electron chi connectivity index (χ3n) is 4.21. The van der Waals surface area contributed by atoms with Crippen LogP contribution in [0.15, 0.2) is 0 Å². The third kappa shape index (κ3) is 3.76. The summed E-state index contributed by atoms with van der Waals surface area (Å²) in [6.45, 7) is 14.4. The van der Waals surface area contributed by atoms with E-state index in [2.05, 4.69) is 39.5 Å². The molecular weight excluding hydrogens is 194 g/mol. The molecule has 0 bridgehead atoms. The average Bonchev–Trinajstić information content (AvgIpc) is 2.17. The zero-order valence-corrected chi connectivity index (χ0v) is 12.1. The number of hydrogen-bond donors (Lipinski definition) is 0. The first-order valence-electron chi connectivity index (χ1n) is 7.23. The van der Waals surface area contributed by atoms with Crippen LogP contribution in [0.5, 0.6) is 0 Å². The monoisotopic (exact) mass is 225 g/mol. The second-order valence-corrected chi connectivity index (χ2v) is 6.48. The normalized spacial score (nSPS) is 21.9. The molecule has 1 saturated heterocycles. The van der Waals surface area contributed by atoms with Crippen molar-refractivity contribution in [3.63, 3.8) is 0 Å². The van der Waals surface area contributed by atoms with E-state index in [0.29, 0.717) is 5.41 Å². The van der Waals surface area contributed by atoms with Crippen molar-refractivity contribution in [2.75, 3.05) is 13.1 Å². The summed E-state index contributed by atoms with van der Waals surface area (Å²) in [6, 6.07) is 0.735. The van der Waals surface area contributed by atoms with E-state index < -0.39 is 0 Å². The average molecular weight is 225 g/mol. The van der Waals surface area contributed by atoms with Crippen molar-refractivity contribution in [2.24, 2.45) is 11.3 Å². The summed E-state index contributed by atoms with van der Waals surface area (Å²) in [6.07, 6.45) is 7.09. The molecule has 96 valence electrons. The molecule has 1 nitrogen and oxygen atoms in total. The van der Waals surface area contributed by atoms with Crippen molar-refractivity contribution < 1.29 is 0 Å². The molecule has 0 aromatic rings. The molecule has 0 aliphatic carbocycles. The van der Waals surface area contributed by atoms with E-state index in [9.17, 15) is 0 Å². The van der Waals surface area contributed by atoms with Crippen molar-refractivity contribution in [2.45, 2.75) is 72.8 Å². The third-order valence-corrected chi connectivity index (χ3v) is 4.21. The molecule has 1 fully saturated rings. The van der Waals surface area contributed by atoms with Crippen LogP contribution in [0.25, 0.3) is 0 Å². The summed E-state index contributed by atoms with van der Waals surface area (Å²) in [5, 5.41) is 0. The maximum absolute atomic E-state index is 2.65. The van der Waals surface area contributed by atoms with Crippen molar-refractivity contribution >= 4 is 0 Å². The molecule has 0 unspecified atom stereocenters. The van der Waals surface area contributed by atoms with E-state index in [0.717, 1.165) is 12.0 Å². The second-order valence-electron chi connectivity index (χ2n) is 6.48. The molecule has 0 spiro atoms. The molecule has 0 saturated carbocycles. The van der Waals surface area contributed by atoms with E-state index >= 15 is 0 Å². The van der Waals surface area contributed by atoms with Crippen molar-refractivity contribution in [3.8, 4) is 0 Å². The van der Waals surface area contributed by atoms with Gasteiger partial charge in [0.25, 0.3) is 0 Å². The van der Waals surface area contributed by atoms with Gasteiger partial charge in [0.2, 0.25) is 0 Å². The van der Waals surface area contributed by atoms with Crippen LogP contribution in [0.4, 0.5) is 0 Å². The van der Waals surface area contributed by atoms with Gasteiger partial charge in [0.05, 0.1) is 0 Å². The maximum Gasteiger partial charge on any atom is 0.00385 e. The smallest absolute Gasteiger partial charge is 0.00385 e. The van der Waals surface area contributed by atoms with Gasteiger partial charge in [0.15, 0.2) is 0 Å². The van der Waals surface area contributed by atoms with Crippen LogP contribution in [-0.2, 0) is 0 Å². The number of rotatable bonds is 5. The Bertz CT molecular complexity index is 188. The quantitative estimate of drug-likeness (QED) is 0.673. The van der Waals surface area contributed by atoms with Crippen LogP contribution >= 0.6 is 0 Å². The van der Waals surface area contributed by atoms with Crippen LogP contribution in [0.2, 0.25) is 0 Å². The summed E-state index contributed by atoms with van der Waals surface area (Å²) < 4.78 is 0. The number of nitrogens with zero attached hydrogens (tertiary/aromatic N) is 1. The molecule has 0 N–H and O–H groups in total. The lowest BCUT2D eigenvalue weighted by atomic mass is 9.70. The van der Waals surface area contributed by atoms with E-state index in [1.54, 1.807) is 0 Å². The summed E-state index contributed by atoms with van der Waals surface area (Å²) in [5.74, 6) is 0.858. The lowest BCUT2D eigenvalue weighted by Gasteiger charge is -2.44. The number of piperidine rings is 1. The minimum absolute atomic E-state index is 0.675. The molecule has 0 atom stereocenters. The van der Waals surface area contributed by atoms with Crippen LogP contribution in [0, 0.1) is 11.3 Å². The Morgan fingerprint density at radius 3 is 2.00 bits per heavy atom. The highest BCUT2D eigenvalue weighted by molar-refractivity contribution is 4.87. The Balaban J connectivity index is 2.55. The van der Waals surface area contributed by atoms with Crippen LogP contribution in [0.3, 0.4) is 0 Å². The molecular formula is C15H31N. The minimum Gasteiger partial charge on any atom is -0.301 e. The summed E-state index contributed by atoms with van der Waals surface area (Å²) in [7, 11) is 0. The Morgan fingerprint density at radius 1 is 1.06 bits per heavy atom. The highest BCUT2D eigenvalue weighted by Crippen LogP contribution is 2.41. The van der Waals surface area contributed by atoms with E-state index in [1.807, 2.05) is 0 Å².